The monoisotopic (exact) mass is 870 g/mol. The van der Waals surface area contributed by atoms with Gasteiger partial charge in [0.15, 0.2) is 0 Å². The van der Waals surface area contributed by atoms with Crippen molar-refractivity contribution >= 4 is 52.8 Å². The van der Waals surface area contributed by atoms with E-state index in [0.717, 1.165) is 59.8 Å². The highest BCUT2D eigenvalue weighted by atomic mass is 32.2. The Labute approximate surface area is 365 Å². The van der Waals surface area contributed by atoms with Crippen molar-refractivity contribution in [3.05, 3.63) is 46.5 Å². The molecule has 322 valence electrons. The molecule has 2 aromatic carbocycles. The number of benzene rings is 2. The summed E-state index contributed by atoms with van der Waals surface area (Å²) in [5.41, 5.74) is 3.40. The molecule has 1 unspecified atom stereocenters. The first-order valence-corrected chi connectivity index (χ1v) is 26.4. The third kappa shape index (κ3) is 8.19. The van der Waals surface area contributed by atoms with E-state index in [1.54, 1.807) is 0 Å². The van der Waals surface area contributed by atoms with Crippen molar-refractivity contribution in [1.29, 1.82) is 0 Å². The standard InChI is InChI=1S/C24H36O3S2.C24H34O3S2/c2*1-4-5-6-7-8-24(28-9-10-29-24)15-11-20(26)22(21(27)12-15)16-13-19(25)18-14-17(16)23(18,2)3/h11-12,16-19,25-27H,4-10,13-14H2,1-3H3;11-12,16-18,26-27H,4-10,13-14H2,1-3H3/t16-,17-,18+,19?;16-,17-,18+/m11/s1. The fourth-order valence-electron chi connectivity index (χ4n) is 12.1. The van der Waals surface area contributed by atoms with Gasteiger partial charge in [0.05, 0.1) is 14.3 Å². The van der Waals surface area contributed by atoms with Gasteiger partial charge in [-0.1, -0.05) is 92.9 Å². The lowest BCUT2D eigenvalue weighted by atomic mass is 9.44. The normalized spacial score (nSPS) is 30.9. The van der Waals surface area contributed by atoms with Crippen LogP contribution in [0.1, 0.15) is 166 Å². The summed E-state index contributed by atoms with van der Waals surface area (Å²) >= 11 is 7.85. The van der Waals surface area contributed by atoms with Gasteiger partial charge in [0.25, 0.3) is 0 Å². The molecule has 6 nitrogen and oxygen atoms in total. The number of phenols is 4. The molecule has 2 saturated heterocycles. The van der Waals surface area contributed by atoms with E-state index in [9.17, 15) is 30.3 Å². The van der Waals surface area contributed by atoms with E-state index < -0.39 is 0 Å². The van der Waals surface area contributed by atoms with Gasteiger partial charge in [-0.25, -0.2) is 0 Å². The molecule has 0 radical (unpaired) electrons. The Morgan fingerprint density at radius 2 is 1.00 bits per heavy atom. The van der Waals surface area contributed by atoms with Crippen LogP contribution in [-0.4, -0.2) is 60.4 Å². The number of fused-ring (bicyclic) bond motifs is 4. The highest BCUT2D eigenvalue weighted by molar-refractivity contribution is 8.21. The number of ketones is 1. The Balaban J connectivity index is 0.000000177. The second kappa shape index (κ2) is 17.8. The lowest BCUT2D eigenvalue weighted by molar-refractivity contribution is -0.152. The lowest BCUT2D eigenvalue weighted by Gasteiger charge is -2.62. The van der Waals surface area contributed by atoms with E-state index in [2.05, 4.69) is 41.5 Å². The molecule has 4 bridgehead atoms. The Morgan fingerprint density at radius 1 is 0.569 bits per heavy atom. The minimum atomic E-state index is -0.343. The summed E-state index contributed by atoms with van der Waals surface area (Å²) < 4.78 is -0.113. The largest absolute Gasteiger partial charge is 0.508 e. The van der Waals surface area contributed by atoms with Crippen LogP contribution in [0, 0.1) is 34.5 Å². The second-order valence-electron chi connectivity index (χ2n) is 19.6. The number of aromatic hydroxyl groups is 4. The van der Waals surface area contributed by atoms with Crippen LogP contribution < -0.4 is 0 Å². The molecule has 10 heteroatoms. The average molecular weight is 871 g/mol. The maximum Gasteiger partial charge on any atom is 0.137 e. The third-order valence-corrected chi connectivity index (χ3v) is 22.8. The second-order valence-corrected chi connectivity index (χ2v) is 25.6. The van der Waals surface area contributed by atoms with Crippen LogP contribution in [0.4, 0.5) is 0 Å². The van der Waals surface area contributed by atoms with Gasteiger partial charge in [-0.15, -0.1) is 47.0 Å². The molecule has 2 aromatic rings. The van der Waals surface area contributed by atoms with Gasteiger partial charge in [-0.2, -0.15) is 0 Å². The summed E-state index contributed by atoms with van der Waals surface area (Å²) in [5, 5.41) is 54.7. The molecular formula is C48H70O6S4. The topological polar surface area (TPSA) is 118 Å². The molecule has 2 heterocycles. The molecule has 0 aromatic heterocycles. The maximum absolute atomic E-state index is 12.6. The first kappa shape index (κ1) is 44.7. The zero-order chi connectivity index (χ0) is 41.6. The summed E-state index contributed by atoms with van der Waals surface area (Å²) in [6.45, 7) is 13.2. The molecular weight excluding hydrogens is 801 g/mol. The molecule has 7 atom stereocenters. The Kier molecular flexibility index (Phi) is 13.7. The molecule has 8 fully saturated rings. The molecule has 0 amide bonds. The van der Waals surface area contributed by atoms with Crippen molar-refractivity contribution in [3.63, 3.8) is 0 Å². The molecule has 5 N–H and O–H groups in total. The summed E-state index contributed by atoms with van der Waals surface area (Å²) in [5.74, 6) is 6.79. The molecule has 6 saturated carbocycles. The summed E-state index contributed by atoms with van der Waals surface area (Å²) in [7, 11) is 0. The Hall–Kier alpha value is -1.33. The van der Waals surface area contributed by atoms with E-state index in [4.69, 9.17) is 0 Å². The number of hydrogen-bond donors (Lipinski definition) is 5. The van der Waals surface area contributed by atoms with Crippen LogP contribution in [0.25, 0.3) is 0 Å². The van der Waals surface area contributed by atoms with E-state index in [0.29, 0.717) is 47.5 Å². The van der Waals surface area contributed by atoms with Crippen LogP contribution in [-0.2, 0) is 13.0 Å². The van der Waals surface area contributed by atoms with Crippen molar-refractivity contribution in [2.24, 2.45) is 34.5 Å². The zero-order valence-electron chi connectivity index (χ0n) is 35.9. The average Bonchev–Trinajstić information content (AvgIpc) is 3.86. The predicted octanol–water partition coefficient (Wildman–Crippen LogP) is 12.6. The fraction of sp³-hybridized carbons (Fsp3) is 0.729. The first-order chi connectivity index (χ1) is 27.6. The number of thioether (sulfide) groups is 4. The summed E-state index contributed by atoms with van der Waals surface area (Å²) in [4.78, 5) is 12.6. The first-order valence-electron chi connectivity index (χ1n) is 22.5. The highest BCUT2D eigenvalue weighted by Gasteiger charge is 2.60. The van der Waals surface area contributed by atoms with Crippen LogP contribution in [0.3, 0.4) is 0 Å². The fourth-order valence-corrected chi connectivity index (χ4v) is 18.7. The number of unbranched alkanes of at least 4 members (excludes halogenated alkanes) is 6. The van der Waals surface area contributed by atoms with Crippen molar-refractivity contribution in [1.82, 2.24) is 0 Å². The zero-order valence-corrected chi connectivity index (χ0v) is 39.1. The van der Waals surface area contributed by atoms with E-state index in [1.165, 1.54) is 51.4 Å². The molecule has 0 spiro atoms. The van der Waals surface area contributed by atoms with Crippen molar-refractivity contribution in [2.75, 3.05) is 23.0 Å². The Bertz CT molecular complexity index is 1730. The molecule has 6 aliphatic carbocycles. The van der Waals surface area contributed by atoms with Crippen molar-refractivity contribution in [3.8, 4) is 23.0 Å². The molecule has 58 heavy (non-hydrogen) atoms. The number of carbonyl (C=O) groups is 1. The van der Waals surface area contributed by atoms with Gasteiger partial charge in [0, 0.05) is 52.4 Å². The van der Waals surface area contributed by atoms with Gasteiger partial charge >= 0.3 is 0 Å². The van der Waals surface area contributed by atoms with Crippen LogP contribution in [0.2, 0.25) is 0 Å². The highest BCUT2D eigenvalue weighted by Crippen LogP contribution is 2.67. The SMILES string of the molecule is CCCCCCC1(c2cc(O)c([C@@H]3CC(=O)[C@@H]4C[C@H]3C4(C)C)c(O)c2)SCCS1.CCCCCCC1(c2cc(O)c([C@@H]3CC(O)[C@@H]4C[C@H]3C4(C)C)c(O)c2)SCCS1. The van der Waals surface area contributed by atoms with Crippen molar-refractivity contribution < 1.29 is 30.3 Å². The van der Waals surface area contributed by atoms with E-state index in [1.807, 2.05) is 71.3 Å². The molecule has 2 aliphatic heterocycles. The molecule has 10 rings (SSSR count). The van der Waals surface area contributed by atoms with Gasteiger partial charge in [0.1, 0.15) is 28.8 Å². The number of Topliss-reactive ketones (excluding diaryl/α,β-unsaturated/α-hetero) is 1. The molecule has 8 aliphatic rings. The van der Waals surface area contributed by atoms with Crippen LogP contribution in [0.15, 0.2) is 24.3 Å². The van der Waals surface area contributed by atoms with Gasteiger partial charge in [-0.05, 0) is 102 Å². The number of phenolic OH excluding ortho intramolecular Hbond substituents is 4. The smallest absolute Gasteiger partial charge is 0.137 e. The predicted molar refractivity (Wildman–Crippen MR) is 247 cm³/mol. The van der Waals surface area contributed by atoms with Crippen molar-refractivity contribution in [2.45, 2.75) is 158 Å². The third-order valence-electron chi connectivity index (χ3n) is 15.6. The van der Waals surface area contributed by atoms with Gasteiger partial charge in [0.2, 0.25) is 0 Å². The Morgan fingerprint density at radius 3 is 1.38 bits per heavy atom. The quantitative estimate of drug-likeness (QED) is 0.117. The lowest BCUT2D eigenvalue weighted by Crippen LogP contribution is -2.57. The van der Waals surface area contributed by atoms with E-state index >= 15 is 0 Å². The minimum absolute atomic E-state index is 0.0310. The number of rotatable bonds is 14. The summed E-state index contributed by atoms with van der Waals surface area (Å²) in [6, 6.07) is 7.62. The number of carbonyl (C=O) groups excluding carboxylic acids is 1. The number of hydrogen-bond acceptors (Lipinski definition) is 10. The van der Waals surface area contributed by atoms with Crippen LogP contribution in [0.5, 0.6) is 23.0 Å². The maximum atomic E-state index is 12.6. The number of aliphatic hydroxyl groups is 1. The van der Waals surface area contributed by atoms with Gasteiger partial charge < -0.3 is 25.5 Å². The number of aliphatic hydroxyl groups excluding tert-OH is 1. The van der Waals surface area contributed by atoms with E-state index in [-0.39, 0.29) is 65.8 Å². The summed E-state index contributed by atoms with van der Waals surface area (Å²) in [6.07, 6.45) is 14.6. The minimum Gasteiger partial charge on any atom is -0.508 e. The van der Waals surface area contributed by atoms with Gasteiger partial charge in [-0.3, -0.25) is 4.79 Å². The van der Waals surface area contributed by atoms with Crippen LogP contribution >= 0.6 is 47.0 Å².